The van der Waals surface area contributed by atoms with Crippen LogP contribution in [0.25, 0.3) is 10.9 Å². The summed E-state index contributed by atoms with van der Waals surface area (Å²) in [4.78, 5) is 27.0. The van der Waals surface area contributed by atoms with Crippen LogP contribution < -0.4 is 10.2 Å². The minimum absolute atomic E-state index is 0.0988. The molecular formula is C19H17NO4. The first-order chi connectivity index (χ1) is 11.6. The molecule has 0 aliphatic carbocycles. The van der Waals surface area contributed by atoms with Crippen molar-refractivity contribution in [1.82, 2.24) is 4.98 Å². The standard InChI is InChI=1S/C19H17NO4/c1-13-6-8-14(9-7-13)23-10-11-24-19(22)17-12-18(21)15-4-2-3-5-16(15)20-17/h2-9,12H,10-11H2,1H3,(H,20,21). The number of para-hydroxylation sites is 1. The Bertz CT molecular complexity index is 913. The van der Waals surface area contributed by atoms with Crippen LogP contribution in [0.15, 0.2) is 59.4 Å². The molecule has 0 unspecified atom stereocenters. The van der Waals surface area contributed by atoms with Gasteiger partial charge < -0.3 is 14.5 Å². The fraction of sp³-hybridized carbons (Fsp3) is 0.158. The quantitative estimate of drug-likeness (QED) is 0.579. The molecule has 0 atom stereocenters. The van der Waals surface area contributed by atoms with E-state index in [0.717, 1.165) is 11.3 Å². The van der Waals surface area contributed by atoms with Crippen LogP contribution in [0.1, 0.15) is 16.1 Å². The first-order valence-electron chi connectivity index (χ1n) is 7.62. The van der Waals surface area contributed by atoms with Crippen LogP contribution in [0.3, 0.4) is 0 Å². The Morgan fingerprint density at radius 1 is 1.04 bits per heavy atom. The van der Waals surface area contributed by atoms with Crippen molar-refractivity contribution in [2.45, 2.75) is 6.92 Å². The number of aromatic amines is 1. The van der Waals surface area contributed by atoms with E-state index < -0.39 is 5.97 Å². The van der Waals surface area contributed by atoms with E-state index in [-0.39, 0.29) is 24.3 Å². The number of fused-ring (bicyclic) bond motifs is 1. The van der Waals surface area contributed by atoms with Gasteiger partial charge in [-0.2, -0.15) is 0 Å². The van der Waals surface area contributed by atoms with Crippen LogP contribution in [-0.4, -0.2) is 24.2 Å². The molecule has 3 aromatic rings. The molecule has 0 saturated carbocycles. The summed E-state index contributed by atoms with van der Waals surface area (Å²) in [7, 11) is 0. The number of carbonyl (C=O) groups is 1. The molecule has 5 heteroatoms. The van der Waals surface area contributed by atoms with E-state index in [1.165, 1.54) is 6.07 Å². The van der Waals surface area contributed by atoms with Gasteiger partial charge in [0.15, 0.2) is 5.43 Å². The first kappa shape index (κ1) is 15.8. The number of nitrogens with one attached hydrogen (secondary N) is 1. The lowest BCUT2D eigenvalue weighted by atomic mass is 10.2. The maximum atomic E-state index is 12.0. The zero-order valence-electron chi connectivity index (χ0n) is 13.2. The van der Waals surface area contributed by atoms with E-state index in [1.807, 2.05) is 31.2 Å². The summed E-state index contributed by atoms with van der Waals surface area (Å²) in [6.07, 6.45) is 0. The predicted molar refractivity (Wildman–Crippen MR) is 91.5 cm³/mol. The lowest BCUT2D eigenvalue weighted by molar-refractivity contribution is 0.0444. The van der Waals surface area contributed by atoms with E-state index in [0.29, 0.717) is 10.9 Å². The van der Waals surface area contributed by atoms with Crippen LogP contribution in [0.5, 0.6) is 5.75 Å². The number of aryl methyl sites for hydroxylation is 1. The fourth-order valence-electron chi connectivity index (χ4n) is 2.31. The van der Waals surface area contributed by atoms with Gasteiger partial charge in [0, 0.05) is 17.0 Å². The molecule has 2 aromatic carbocycles. The Hall–Kier alpha value is -3.08. The van der Waals surface area contributed by atoms with Crippen molar-refractivity contribution < 1.29 is 14.3 Å². The number of esters is 1. The zero-order valence-corrected chi connectivity index (χ0v) is 13.2. The average molecular weight is 323 g/mol. The third-order valence-corrected chi connectivity index (χ3v) is 3.56. The summed E-state index contributed by atoms with van der Waals surface area (Å²) in [5.74, 6) is 0.140. The second-order valence-corrected chi connectivity index (χ2v) is 5.39. The molecule has 0 spiro atoms. The normalized spacial score (nSPS) is 10.5. The molecule has 0 aliphatic heterocycles. The lowest BCUT2D eigenvalue weighted by Crippen LogP contribution is -2.16. The van der Waals surface area contributed by atoms with Crippen molar-refractivity contribution in [2.24, 2.45) is 0 Å². The average Bonchev–Trinajstić information content (AvgIpc) is 2.60. The molecule has 0 radical (unpaired) electrons. The van der Waals surface area contributed by atoms with E-state index in [2.05, 4.69) is 4.98 Å². The van der Waals surface area contributed by atoms with Crippen LogP contribution in [-0.2, 0) is 4.74 Å². The monoisotopic (exact) mass is 323 g/mol. The third-order valence-electron chi connectivity index (χ3n) is 3.56. The highest BCUT2D eigenvalue weighted by Crippen LogP contribution is 2.11. The number of aromatic nitrogens is 1. The largest absolute Gasteiger partial charge is 0.490 e. The number of H-pyrrole nitrogens is 1. The van der Waals surface area contributed by atoms with Crippen LogP contribution in [0, 0.1) is 6.92 Å². The van der Waals surface area contributed by atoms with Crippen molar-refractivity contribution >= 4 is 16.9 Å². The van der Waals surface area contributed by atoms with Crippen molar-refractivity contribution in [2.75, 3.05) is 13.2 Å². The highest BCUT2D eigenvalue weighted by atomic mass is 16.6. The predicted octanol–water partition coefficient (Wildman–Crippen LogP) is 3.07. The smallest absolute Gasteiger partial charge is 0.355 e. The second-order valence-electron chi connectivity index (χ2n) is 5.39. The molecule has 0 saturated heterocycles. The van der Waals surface area contributed by atoms with Crippen LogP contribution in [0.2, 0.25) is 0 Å². The molecule has 5 nitrogen and oxygen atoms in total. The number of ether oxygens (including phenoxy) is 2. The molecule has 3 rings (SSSR count). The lowest BCUT2D eigenvalue weighted by Gasteiger charge is -2.08. The number of hydrogen-bond donors (Lipinski definition) is 1. The molecule has 24 heavy (non-hydrogen) atoms. The van der Waals surface area contributed by atoms with Crippen molar-refractivity contribution in [3.63, 3.8) is 0 Å². The molecule has 122 valence electrons. The molecule has 1 N–H and O–H groups in total. The van der Waals surface area contributed by atoms with Crippen molar-refractivity contribution in [3.05, 3.63) is 76.1 Å². The van der Waals surface area contributed by atoms with Gasteiger partial charge in [-0.05, 0) is 31.2 Å². The summed E-state index contributed by atoms with van der Waals surface area (Å²) in [5, 5.41) is 0.539. The Labute approximate surface area is 138 Å². The van der Waals surface area contributed by atoms with Gasteiger partial charge in [-0.1, -0.05) is 29.8 Å². The van der Waals surface area contributed by atoms with E-state index in [4.69, 9.17) is 9.47 Å². The van der Waals surface area contributed by atoms with Gasteiger partial charge >= 0.3 is 5.97 Å². The van der Waals surface area contributed by atoms with E-state index >= 15 is 0 Å². The van der Waals surface area contributed by atoms with Gasteiger partial charge in [0.05, 0.1) is 0 Å². The number of carbonyl (C=O) groups excluding carboxylic acids is 1. The fourth-order valence-corrected chi connectivity index (χ4v) is 2.31. The van der Waals surface area contributed by atoms with Gasteiger partial charge in [-0.25, -0.2) is 4.79 Å². The second kappa shape index (κ2) is 7.00. The minimum atomic E-state index is -0.578. The Morgan fingerprint density at radius 2 is 1.79 bits per heavy atom. The topological polar surface area (TPSA) is 68.4 Å². The van der Waals surface area contributed by atoms with Crippen LogP contribution in [0.4, 0.5) is 0 Å². The molecule has 0 bridgehead atoms. The zero-order chi connectivity index (χ0) is 16.9. The Kier molecular flexibility index (Phi) is 4.61. The third kappa shape index (κ3) is 3.63. The molecule has 0 fully saturated rings. The van der Waals surface area contributed by atoms with Gasteiger partial charge in [-0.15, -0.1) is 0 Å². The summed E-state index contributed by atoms with van der Waals surface area (Å²) >= 11 is 0. The molecule has 1 aromatic heterocycles. The molecule has 0 aliphatic rings. The van der Waals surface area contributed by atoms with Crippen LogP contribution >= 0.6 is 0 Å². The highest BCUT2D eigenvalue weighted by molar-refractivity contribution is 5.90. The van der Waals surface area contributed by atoms with Gasteiger partial charge in [0.25, 0.3) is 0 Å². The number of pyridine rings is 1. The molecule has 0 amide bonds. The number of hydrogen-bond acceptors (Lipinski definition) is 4. The summed E-state index contributed by atoms with van der Waals surface area (Å²) in [6, 6.07) is 15.9. The van der Waals surface area contributed by atoms with Crippen molar-refractivity contribution in [3.8, 4) is 5.75 Å². The maximum absolute atomic E-state index is 12.0. The Morgan fingerprint density at radius 3 is 2.58 bits per heavy atom. The van der Waals surface area contributed by atoms with Gasteiger partial charge in [-0.3, -0.25) is 4.79 Å². The SMILES string of the molecule is Cc1ccc(OCCOC(=O)c2cc(=O)c3ccccc3[nH]2)cc1. The minimum Gasteiger partial charge on any atom is -0.490 e. The maximum Gasteiger partial charge on any atom is 0.355 e. The van der Waals surface area contributed by atoms with Gasteiger partial charge in [0.2, 0.25) is 0 Å². The highest BCUT2D eigenvalue weighted by Gasteiger charge is 2.10. The number of benzene rings is 2. The van der Waals surface area contributed by atoms with E-state index in [9.17, 15) is 9.59 Å². The summed E-state index contributed by atoms with van der Waals surface area (Å²) in [6.45, 7) is 2.34. The summed E-state index contributed by atoms with van der Waals surface area (Å²) < 4.78 is 10.6. The van der Waals surface area contributed by atoms with Gasteiger partial charge in [0.1, 0.15) is 24.7 Å². The molecule has 1 heterocycles. The Balaban J connectivity index is 1.59. The number of rotatable bonds is 5. The summed E-state index contributed by atoms with van der Waals surface area (Å²) in [5.41, 5.74) is 1.67. The first-order valence-corrected chi connectivity index (χ1v) is 7.62. The molecular weight excluding hydrogens is 306 g/mol. The van der Waals surface area contributed by atoms with E-state index in [1.54, 1.807) is 24.3 Å². The van der Waals surface area contributed by atoms with Crippen molar-refractivity contribution in [1.29, 1.82) is 0 Å².